The van der Waals surface area contributed by atoms with E-state index in [0.29, 0.717) is 0 Å². The van der Waals surface area contributed by atoms with E-state index in [4.69, 9.17) is 0 Å². The zero-order valence-corrected chi connectivity index (χ0v) is 32.6. The Morgan fingerprint density at radius 1 is 0.408 bits per heavy atom. The van der Waals surface area contributed by atoms with E-state index in [1.807, 2.05) is 0 Å². The van der Waals surface area contributed by atoms with Gasteiger partial charge >= 0.3 is 0 Å². The fourth-order valence-electron chi connectivity index (χ4n) is 8.77. The summed E-state index contributed by atoms with van der Waals surface area (Å²) in [6.45, 7) is 32.7. The fourth-order valence-corrected chi connectivity index (χ4v) is 8.77. The normalized spacial score (nSPS) is 11.9. The molecule has 5 aromatic rings. The lowest BCUT2D eigenvalue weighted by atomic mass is 9.32. The second kappa shape index (κ2) is 14.2. The molecule has 5 rings (SSSR count). The van der Waals surface area contributed by atoms with Crippen LogP contribution in [0.5, 0.6) is 0 Å². The molecule has 0 aromatic heterocycles. The molecule has 1 heteroatoms. The highest BCUT2D eigenvalue weighted by Crippen LogP contribution is 2.35. The lowest BCUT2D eigenvalue weighted by Crippen LogP contribution is -2.58. The molecule has 0 saturated heterocycles. The maximum Gasteiger partial charge on any atom is 0.243 e. The van der Waals surface area contributed by atoms with Gasteiger partial charge in [0.15, 0.2) is 0 Å². The van der Waals surface area contributed by atoms with Crippen LogP contribution in [0.25, 0.3) is 27.8 Å². The topological polar surface area (TPSA) is 0 Å². The highest BCUT2D eigenvalue weighted by molar-refractivity contribution is 6.97. The molecule has 0 aliphatic carbocycles. The van der Waals surface area contributed by atoms with Crippen molar-refractivity contribution in [1.29, 1.82) is 0 Å². The molecular weight excluding hydrogens is 587 g/mol. The zero-order valence-electron chi connectivity index (χ0n) is 32.6. The summed E-state index contributed by atoms with van der Waals surface area (Å²) in [5.41, 5.74) is 29.1. The Balaban J connectivity index is 1.98. The molecule has 0 amide bonds. The van der Waals surface area contributed by atoms with Gasteiger partial charge in [-0.2, -0.15) is 0 Å². The van der Waals surface area contributed by atoms with Crippen molar-refractivity contribution in [3.63, 3.8) is 0 Å². The molecule has 0 atom stereocenters. The Morgan fingerprint density at radius 2 is 0.714 bits per heavy atom. The smallest absolute Gasteiger partial charge is 0.0871 e. The number of benzene rings is 5. The monoisotopic (exact) mass is 642 g/mol. The van der Waals surface area contributed by atoms with Gasteiger partial charge < -0.3 is 0 Å². The van der Waals surface area contributed by atoms with Gasteiger partial charge in [0.05, 0.1) is 0 Å². The minimum atomic E-state index is 0.0895. The molecule has 0 heterocycles. The Morgan fingerprint density at radius 3 is 1.00 bits per heavy atom. The first-order valence-corrected chi connectivity index (χ1v) is 18.0. The first-order chi connectivity index (χ1) is 23.3. The summed E-state index contributed by atoms with van der Waals surface area (Å²) in [4.78, 5) is 0. The van der Waals surface area contributed by atoms with E-state index >= 15 is 0 Å². The van der Waals surface area contributed by atoms with E-state index in [0.717, 1.165) is 0 Å². The summed E-state index contributed by atoms with van der Waals surface area (Å²) in [6, 6.07) is 21.9. The van der Waals surface area contributed by atoms with Gasteiger partial charge in [0.2, 0.25) is 6.71 Å². The number of hydrogen-bond donors (Lipinski definition) is 0. The van der Waals surface area contributed by atoms with E-state index < -0.39 is 0 Å². The van der Waals surface area contributed by atoms with Gasteiger partial charge in [-0.3, -0.25) is 0 Å². The summed E-state index contributed by atoms with van der Waals surface area (Å²) in [6.07, 6.45) is 6.69. The highest BCUT2D eigenvalue weighted by atomic mass is 14.3. The molecule has 0 radical (unpaired) electrons. The van der Waals surface area contributed by atoms with Crippen molar-refractivity contribution in [2.24, 2.45) is 0 Å². The Labute approximate surface area is 298 Å². The van der Waals surface area contributed by atoms with Crippen molar-refractivity contribution in [1.82, 2.24) is 0 Å². The summed E-state index contributed by atoms with van der Waals surface area (Å²) >= 11 is 0. The predicted molar refractivity (Wildman–Crippen MR) is 220 cm³/mol. The van der Waals surface area contributed by atoms with Gasteiger partial charge in [0.1, 0.15) is 0 Å². The predicted octanol–water partition coefficient (Wildman–Crippen LogP) is 11.2. The summed E-state index contributed by atoms with van der Waals surface area (Å²) in [5, 5.41) is 0. The van der Waals surface area contributed by atoms with Gasteiger partial charge in [0, 0.05) is 0 Å². The van der Waals surface area contributed by atoms with E-state index in [1.54, 1.807) is 0 Å². The first-order valence-electron chi connectivity index (χ1n) is 18.0. The van der Waals surface area contributed by atoms with Crippen LogP contribution in [0.1, 0.15) is 86.2 Å². The van der Waals surface area contributed by atoms with Crippen molar-refractivity contribution in [2.45, 2.75) is 96.9 Å². The summed E-state index contributed by atoms with van der Waals surface area (Å²) in [7, 11) is 0. The molecular formula is C48H55B. The average molecular weight is 643 g/mol. The summed E-state index contributed by atoms with van der Waals surface area (Å²) in [5.74, 6) is 0. The molecule has 250 valence electrons. The Hall–Kier alpha value is -4.36. The van der Waals surface area contributed by atoms with E-state index in [-0.39, 0.29) is 6.71 Å². The van der Waals surface area contributed by atoms with Crippen LogP contribution in [0.2, 0.25) is 0 Å². The van der Waals surface area contributed by atoms with Crippen LogP contribution in [0.3, 0.4) is 0 Å². The van der Waals surface area contributed by atoms with Crippen LogP contribution in [0, 0.1) is 83.1 Å². The number of hydrogen-bond acceptors (Lipinski definition) is 0. The van der Waals surface area contributed by atoms with Crippen molar-refractivity contribution in [3.05, 3.63) is 151 Å². The largest absolute Gasteiger partial charge is 0.243 e. The molecule has 0 aliphatic rings. The van der Waals surface area contributed by atoms with Crippen molar-refractivity contribution < 1.29 is 0 Å². The lowest BCUT2D eigenvalue weighted by molar-refractivity contribution is 1.23. The molecule has 0 nitrogen and oxygen atoms in total. The van der Waals surface area contributed by atoms with Gasteiger partial charge in [0.25, 0.3) is 0 Å². The second-order valence-electron chi connectivity index (χ2n) is 14.3. The quantitative estimate of drug-likeness (QED) is 0.122. The maximum absolute atomic E-state index is 2.38. The molecule has 49 heavy (non-hydrogen) atoms. The van der Waals surface area contributed by atoms with Gasteiger partial charge in [-0.25, -0.2) is 0 Å². The van der Waals surface area contributed by atoms with Gasteiger partial charge in [-0.05, 0) is 164 Å². The molecule has 0 bridgehead atoms. The third kappa shape index (κ3) is 5.97. The van der Waals surface area contributed by atoms with Gasteiger partial charge in [-0.15, -0.1) is 0 Å². The third-order valence-electron chi connectivity index (χ3n) is 12.0. The van der Waals surface area contributed by atoms with E-state index in [1.165, 1.54) is 117 Å². The zero-order chi connectivity index (χ0) is 35.9. The van der Waals surface area contributed by atoms with Crippen LogP contribution >= 0.6 is 0 Å². The SMILES string of the molecule is C/C=C\C(=C/C)c1c(C)c(C)c(B(c2c(C)c(C)c(-c3ccccc3)c(C)c2C)c2c(C)c(C)c(-c3ccccc3)c(C)c2C)c(C)c1C. The molecule has 0 unspecified atom stereocenters. The van der Waals surface area contributed by atoms with Crippen LogP contribution in [-0.2, 0) is 0 Å². The van der Waals surface area contributed by atoms with Gasteiger partial charge in [-0.1, -0.05) is 129 Å². The lowest BCUT2D eigenvalue weighted by Gasteiger charge is -2.33. The number of rotatable bonds is 7. The molecule has 0 fully saturated rings. The molecule has 0 saturated carbocycles. The fraction of sp³-hybridized carbons (Fsp3) is 0.292. The molecule has 0 aliphatic heterocycles. The van der Waals surface area contributed by atoms with Crippen LogP contribution in [0.15, 0.2) is 78.9 Å². The van der Waals surface area contributed by atoms with Crippen molar-refractivity contribution >= 4 is 28.7 Å². The van der Waals surface area contributed by atoms with Crippen LogP contribution in [-0.4, -0.2) is 6.71 Å². The molecule has 0 N–H and O–H groups in total. The standard InChI is InChI=1S/C48H55B/c1-15-23-40(16-2)43-28(3)34(9)46(35(10)29(43)4)49(47-36(11)30(5)44(31(6)37(47)12)41-24-19-17-20-25-41)48-38(13)32(7)45(33(8)39(48)14)42-26-21-18-22-27-42/h15-27H,1-14H3/b23-15-,40-16+. The first kappa shape index (κ1) is 35.9. The van der Waals surface area contributed by atoms with E-state index in [9.17, 15) is 0 Å². The highest BCUT2D eigenvalue weighted by Gasteiger charge is 2.35. The molecule has 5 aromatic carbocycles. The minimum absolute atomic E-state index is 0.0895. The Bertz CT molecular complexity index is 1930. The number of allylic oxidation sites excluding steroid dienone is 4. The van der Waals surface area contributed by atoms with Crippen LogP contribution < -0.4 is 16.4 Å². The van der Waals surface area contributed by atoms with E-state index in [2.05, 4.69) is 176 Å². The Kier molecular flexibility index (Phi) is 10.4. The maximum atomic E-state index is 2.38. The average Bonchev–Trinajstić information content (AvgIpc) is 3.10. The second-order valence-corrected chi connectivity index (χ2v) is 14.3. The van der Waals surface area contributed by atoms with Crippen molar-refractivity contribution in [2.75, 3.05) is 0 Å². The summed E-state index contributed by atoms with van der Waals surface area (Å²) < 4.78 is 0. The molecule has 0 spiro atoms. The van der Waals surface area contributed by atoms with Crippen molar-refractivity contribution in [3.8, 4) is 22.3 Å². The minimum Gasteiger partial charge on any atom is -0.0871 e. The van der Waals surface area contributed by atoms with Crippen LogP contribution in [0.4, 0.5) is 0 Å². The third-order valence-corrected chi connectivity index (χ3v) is 12.0.